The van der Waals surface area contributed by atoms with Crippen LogP contribution in [0, 0.1) is 0 Å². The number of hydrogen-bond acceptors (Lipinski definition) is 2. The molecule has 0 aliphatic carbocycles. The summed E-state index contributed by atoms with van der Waals surface area (Å²) in [6, 6.07) is 0.957. The van der Waals surface area contributed by atoms with Crippen molar-refractivity contribution in [2.45, 2.75) is 31.8 Å². The Hall–Kier alpha value is -0.730. The summed E-state index contributed by atoms with van der Waals surface area (Å²) in [6.45, 7) is 2.77. The van der Waals surface area contributed by atoms with Gasteiger partial charge in [-0.2, -0.15) is 0 Å². The predicted molar refractivity (Wildman–Crippen MR) is 35.7 cm³/mol. The lowest BCUT2D eigenvalue weighted by atomic mass is 10.2. The molecule has 0 aromatic carbocycles. The van der Waals surface area contributed by atoms with Crippen LogP contribution in [-0.2, 0) is 4.74 Å². The molecule has 10 heavy (non-hydrogen) atoms. The summed E-state index contributed by atoms with van der Waals surface area (Å²) in [7, 11) is 0. The van der Waals surface area contributed by atoms with Gasteiger partial charge in [-0.3, -0.25) is 4.90 Å². The van der Waals surface area contributed by atoms with Crippen molar-refractivity contribution in [3.05, 3.63) is 0 Å². The zero-order chi connectivity index (χ0) is 7.14. The number of ether oxygens (including phenoxy) is 1. The molecule has 1 amide bonds. The van der Waals surface area contributed by atoms with E-state index in [0.717, 1.165) is 12.8 Å². The summed E-state index contributed by atoms with van der Waals surface area (Å²) in [5.74, 6) is 0. The summed E-state index contributed by atoms with van der Waals surface area (Å²) in [5, 5.41) is 0. The van der Waals surface area contributed by atoms with Crippen molar-refractivity contribution in [2.24, 2.45) is 0 Å². The Morgan fingerprint density at radius 3 is 3.10 bits per heavy atom. The standard InChI is InChI=1S/C7H11NO2/c1-2-3-5-6-4-10-7(9)8(5)6/h5-6H,2-4H2,1H3/t5-,6+,8?/m1/s1. The van der Waals surface area contributed by atoms with Crippen LogP contribution in [0.3, 0.4) is 0 Å². The quantitative estimate of drug-likeness (QED) is 0.536. The molecule has 3 heteroatoms. The molecular weight excluding hydrogens is 130 g/mol. The highest BCUT2D eigenvalue weighted by molar-refractivity contribution is 5.74. The molecule has 2 fully saturated rings. The number of fused-ring (bicyclic) bond motifs is 1. The zero-order valence-corrected chi connectivity index (χ0v) is 6.04. The molecule has 0 unspecified atom stereocenters. The van der Waals surface area contributed by atoms with Crippen molar-refractivity contribution in [3.63, 3.8) is 0 Å². The van der Waals surface area contributed by atoms with E-state index in [1.807, 2.05) is 4.90 Å². The molecule has 3 nitrogen and oxygen atoms in total. The number of carbonyl (C=O) groups excluding carboxylic acids is 1. The molecule has 0 spiro atoms. The van der Waals surface area contributed by atoms with E-state index in [2.05, 4.69) is 6.92 Å². The summed E-state index contributed by atoms with van der Waals surface area (Å²) >= 11 is 0. The fourth-order valence-electron chi connectivity index (χ4n) is 1.66. The summed E-state index contributed by atoms with van der Waals surface area (Å²) in [6.07, 6.45) is 2.19. The molecule has 0 aromatic heterocycles. The Bertz CT molecular complexity index is 169. The molecule has 2 atom stereocenters. The largest absolute Gasteiger partial charge is 0.447 e. The van der Waals surface area contributed by atoms with E-state index in [9.17, 15) is 4.79 Å². The first-order valence-corrected chi connectivity index (χ1v) is 3.79. The highest BCUT2D eigenvalue weighted by Crippen LogP contribution is 2.37. The molecule has 0 aromatic rings. The molecule has 2 saturated heterocycles. The second-order valence-corrected chi connectivity index (χ2v) is 2.91. The van der Waals surface area contributed by atoms with E-state index in [1.165, 1.54) is 0 Å². The van der Waals surface area contributed by atoms with E-state index in [-0.39, 0.29) is 6.09 Å². The van der Waals surface area contributed by atoms with Crippen molar-refractivity contribution < 1.29 is 9.53 Å². The van der Waals surface area contributed by atoms with Crippen LogP contribution in [0.2, 0.25) is 0 Å². The van der Waals surface area contributed by atoms with Gasteiger partial charge in [0.25, 0.3) is 0 Å². The normalized spacial score (nSPS) is 35.7. The zero-order valence-electron chi connectivity index (χ0n) is 6.04. The van der Waals surface area contributed by atoms with Crippen LogP contribution >= 0.6 is 0 Å². The lowest BCUT2D eigenvalue weighted by molar-refractivity contribution is 0.154. The highest BCUT2D eigenvalue weighted by Gasteiger charge is 2.56. The topological polar surface area (TPSA) is 29.3 Å². The maximum absolute atomic E-state index is 10.8. The Morgan fingerprint density at radius 1 is 1.80 bits per heavy atom. The molecule has 0 N–H and O–H groups in total. The van der Waals surface area contributed by atoms with Gasteiger partial charge < -0.3 is 4.74 Å². The first kappa shape index (κ1) is 6.01. The van der Waals surface area contributed by atoms with Crippen molar-refractivity contribution in [1.82, 2.24) is 4.90 Å². The Balaban J connectivity index is 1.92. The molecule has 2 aliphatic heterocycles. The van der Waals surface area contributed by atoms with Crippen LogP contribution in [0.5, 0.6) is 0 Å². The molecule has 0 saturated carbocycles. The van der Waals surface area contributed by atoms with Crippen LogP contribution in [-0.4, -0.2) is 29.7 Å². The van der Waals surface area contributed by atoms with Gasteiger partial charge in [-0.05, 0) is 6.42 Å². The van der Waals surface area contributed by atoms with Gasteiger partial charge in [0.1, 0.15) is 6.61 Å². The molecule has 2 heterocycles. The maximum Gasteiger partial charge on any atom is 0.410 e. The first-order valence-electron chi connectivity index (χ1n) is 3.79. The predicted octanol–water partition coefficient (Wildman–Crippen LogP) is 0.990. The minimum atomic E-state index is -0.108. The van der Waals surface area contributed by atoms with Gasteiger partial charge in [0.2, 0.25) is 0 Å². The first-order chi connectivity index (χ1) is 4.84. The Kier molecular flexibility index (Phi) is 1.13. The number of carbonyl (C=O) groups is 1. The summed E-state index contributed by atoms with van der Waals surface area (Å²) < 4.78 is 4.78. The second-order valence-electron chi connectivity index (χ2n) is 2.91. The second kappa shape index (κ2) is 1.87. The van der Waals surface area contributed by atoms with Crippen LogP contribution < -0.4 is 0 Å². The smallest absolute Gasteiger partial charge is 0.410 e. The van der Waals surface area contributed by atoms with Gasteiger partial charge in [0.15, 0.2) is 0 Å². The molecular formula is C7H11NO2. The average molecular weight is 141 g/mol. The van der Waals surface area contributed by atoms with E-state index in [1.54, 1.807) is 0 Å². The average Bonchev–Trinajstić information content (AvgIpc) is 2.45. The van der Waals surface area contributed by atoms with Gasteiger partial charge in [0.05, 0.1) is 12.1 Å². The monoisotopic (exact) mass is 141 g/mol. The molecule has 2 rings (SSSR count). The molecule has 56 valence electrons. The number of nitrogens with zero attached hydrogens (tertiary/aromatic N) is 1. The Morgan fingerprint density at radius 2 is 2.60 bits per heavy atom. The van der Waals surface area contributed by atoms with Crippen molar-refractivity contribution >= 4 is 6.09 Å². The fraction of sp³-hybridized carbons (Fsp3) is 0.857. The number of amides is 1. The summed E-state index contributed by atoms with van der Waals surface area (Å²) in [5.41, 5.74) is 0. The van der Waals surface area contributed by atoms with Crippen molar-refractivity contribution in [2.75, 3.05) is 6.61 Å². The van der Waals surface area contributed by atoms with E-state index < -0.39 is 0 Å². The van der Waals surface area contributed by atoms with Crippen LogP contribution in [0.4, 0.5) is 4.79 Å². The number of rotatable bonds is 2. The lowest BCUT2D eigenvalue weighted by Gasteiger charge is -1.99. The van der Waals surface area contributed by atoms with E-state index in [0.29, 0.717) is 18.7 Å². The number of cyclic esters (lactones) is 1. The van der Waals surface area contributed by atoms with E-state index in [4.69, 9.17) is 4.74 Å². The van der Waals surface area contributed by atoms with Gasteiger partial charge in [-0.1, -0.05) is 13.3 Å². The SMILES string of the molecule is CCC[C@@H]1[C@@H]2COC(=O)N12. The Labute approximate surface area is 60.0 Å². The van der Waals surface area contributed by atoms with Gasteiger partial charge in [-0.25, -0.2) is 4.79 Å². The molecule has 0 radical (unpaired) electrons. The minimum absolute atomic E-state index is 0.108. The van der Waals surface area contributed by atoms with Crippen LogP contribution in [0.25, 0.3) is 0 Å². The molecule has 2 aliphatic rings. The minimum Gasteiger partial charge on any atom is -0.447 e. The fourth-order valence-corrected chi connectivity index (χ4v) is 1.66. The van der Waals surface area contributed by atoms with Crippen LogP contribution in [0.1, 0.15) is 19.8 Å². The summed E-state index contributed by atoms with van der Waals surface area (Å²) in [4.78, 5) is 12.6. The van der Waals surface area contributed by atoms with E-state index >= 15 is 0 Å². The maximum atomic E-state index is 10.8. The van der Waals surface area contributed by atoms with Gasteiger partial charge >= 0.3 is 6.09 Å². The third-order valence-electron chi connectivity index (χ3n) is 2.24. The van der Waals surface area contributed by atoms with Crippen LogP contribution in [0.15, 0.2) is 0 Å². The third-order valence-corrected chi connectivity index (χ3v) is 2.24. The van der Waals surface area contributed by atoms with Gasteiger partial charge in [0, 0.05) is 0 Å². The third kappa shape index (κ3) is 0.632. The van der Waals surface area contributed by atoms with Crippen molar-refractivity contribution in [3.8, 4) is 0 Å². The lowest BCUT2D eigenvalue weighted by Crippen LogP contribution is -2.11. The molecule has 0 bridgehead atoms. The van der Waals surface area contributed by atoms with Gasteiger partial charge in [-0.15, -0.1) is 0 Å². The highest BCUT2D eigenvalue weighted by atomic mass is 16.6. The number of hydrogen-bond donors (Lipinski definition) is 0. The van der Waals surface area contributed by atoms with Crippen molar-refractivity contribution in [1.29, 1.82) is 0 Å².